The van der Waals surface area contributed by atoms with Gasteiger partial charge in [0.1, 0.15) is 15.6 Å². The maximum absolute atomic E-state index is 11.7. The highest BCUT2D eigenvalue weighted by Crippen LogP contribution is 2.42. The standard InChI is InChI=1S/C12H17N5O3S/c1-6-16-7(20-17-6)4-5-15-12-9(19-3)8(13)10(21-12)11(18)14-2/h15H,4-5,13H2,1-3H3,(H,14,18). The van der Waals surface area contributed by atoms with Crippen LogP contribution in [-0.4, -0.2) is 36.8 Å². The number of carbonyl (C=O) groups excluding carboxylic acids is 1. The lowest BCUT2D eigenvalue weighted by molar-refractivity contribution is 0.0967. The zero-order chi connectivity index (χ0) is 15.4. The van der Waals surface area contributed by atoms with Crippen LogP contribution in [0.15, 0.2) is 4.52 Å². The number of carbonyl (C=O) groups is 1. The van der Waals surface area contributed by atoms with Gasteiger partial charge in [-0.15, -0.1) is 11.3 Å². The second kappa shape index (κ2) is 6.44. The van der Waals surface area contributed by atoms with Crippen molar-refractivity contribution in [3.63, 3.8) is 0 Å². The van der Waals surface area contributed by atoms with Crippen molar-refractivity contribution >= 4 is 27.9 Å². The number of nitrogen functional groups attached to an aromatic ring is 1. The van der Waals surface area contributed by atoms with E-state index in [2.05, 4.69) is 20.8 Å². The fourth-order valence-electron chi connectivity index (χ4n) is 1.75. The van der Waals surface area contributed by atoms with Gasteiger partial charge in [-0.1, -0.05) is 5.16 Å². The minimum Gasteiger partial charge on any atom is -0.492 e. The van der Waals surface area contributed by atoms with Gasteiger partial charge in [0.25, 0.3) is 5.91 Å². The zero-order valence-corrected chi connectivity index (χ0v) is 12.8. The number of nitrogens with zero attached hydrogens (tertiary/aromatic N) is 2. The smallest absolute Gasteiger partial charge is 0.263 e. The summed E-state index contributed by atoms with van der Waals surface area (Å²) in [7, 11) is 3.07. The van der Waals surface area contributed by atoms with E-state index in [1.165, 1.54) is 18.4 Å². The number of nitrogens with two attached hydrogens (primary N) is 1. The van der Waals surface area contributed by atoms with E-state index >= 15 is 0 Å². The van der Waals surface area contributed by atoms with Crippen molar-refractivity contribution in [3.05, 3.63) is 16.6 Å². The number of aryl methyl sites for hydroxylation is 1. The van der Waals surface area contributed by atoms with Gasteiger partial charge < -0.3 is 25.6 Å². The van der Waals surface area contributed by atoms with Crippen LogP contribution in [0.25, 0.3) is 0 Å². The van der Waals surface area contributed by atoms with Crippen LogP contribution in [0.5, 0.6) is 5.75 Å². The number of anilines is 2. The Morgan fingerprint density at radius 3 is 2.86 bits per heavy atom. The Balaban J connectivity index is 2.07. The summed E-state index contributed by atoms with van der Waals surface area (Å²) in [6, 6.07) is 0. The van der Waals surface area contributed by atoms with Crippen molar-refractivity contribution in [2.24, 2.45) is 0 Å². The Hall–Kier alpha value is -2.29. The minimum atomic E-state index is -0.239. The molecule has 2 rings (SSSR count). The molecular weight excluding hydrogens is 294 g/mol. The molecule has 0 aromatic carbocycles. The Labute approximate surface area is 125 Å². The first-order valence-electron chi connectivity index (χ1n) is 6.28. The van der Waals surface area contributed by atoms with Crippen LogP contribution in [0.4, 0.5) is 10.7 Å². The summed E-state index contributed by atoms with van der Waals surface area (Å²) in [6.45, 7) is 2.32. The Bertz CT molecular complexity index is 637. The van der Waals surface area contributed by atoms with Gasteiger partial charge >= 0.3 is 0 Å². The summed E-state index contributed by atoms with van der Waals surface area (Å²) in [4.78, 5) is 16.3. The van der Waals surface area contributed by atoms with Crippen LogP contribution in [0, 0.1) is 6.92 Å². The fourth-order valence-corrected chi connectivity index (χ4v) is 2.82. The van der Waals surface area contributed by atoms with E-state index in [1.807, 2.05) is 0 Å². The van der Waals surface area contributed by atoms with Crippen LogP contribution < -0.4 is 21.1 Å². The predicted octanol–water partition coefficient (Wildman–Crippen LogP) is 1.04. The number of thiophene rings is 1. The normalized spacial score (nSPS) is 10.4. The minimum absolute atomic E-state index is 0.239. The number of amides is 1. The molecule has 0 atom stereocenters. The van der Waals surface area contributed by atoms with Gasteiger partial charge in [0.15, 0.2) is 11.6 Å². The number of methoxy groups -OCH3 is 1. The van der Waals surface area contributed by atoms with Crippen molar-refractivity contribution in [1.82, 2.24) is 15.5 Å². The van der Waals surface area contributed by atoms with Gasteiger partial charge in [-0.2, -0.15) is 4.98 Å². The molecule has 0 saturated carbocycles. The molecule has 0 radical (unpaired) electrons. The summed E-state index contributed by atoms with van der Waals surface area (Å²) < 4.78 is 10.3. The number of hydrogen-bond donors (Lipinski definition) is 3. The lowest BCUT2D eigenvalue weighted by Crippen LogP contribution is -2.17. The molecule has 0 unspecified atom stereocenters. The number of nitrogens with one attached hydrogen (secondary N) is 2. The Morgan fingerprint density at radius 2 is 2.29 bits per heavy atom. The molecule has 0 saturated heterocycles. The first kappa shape index (κ1) is 15.1. The molecule has 1 amide bonds. The molecule has 0 spiro atoms. The van der Waals surface area contributed by atoms with E-state index < -0.39 is 0 Å². The van der Waals surface area contributed by atoms with Crippen molar-refractivity contribution in [2.45, 2.75) is 13.3 Å². The van der Waals surface area contributed by atoms with E-state index in [-0.39, 0.29) is 5.91 Å². The lowest BCUT2D eigenvalue weighted by Gasteiger charge is -2.05. The third kappa shape index (κ3) is 3.24. The summed E-state index contributed by atoms with van der Waals surface area (Å²) >= 11 is 1.24. The van der Waals surface area contributed by atoms with E-state index in [1.54, 1.807) is 14.0 Å². The zero-order valence-electron chi connectivity index (χ0n) is 12.0. The molecule has 2 aromatic heterocycles. The molecule has 2 aromatic rings. The maximum atomic E-state index is 11.7. The Morgan fingerprint density at radius 1 is 1.52 bits per heavy atom. The highest BCUT2D eigenvalue weighted by Gasteiger charge is 2.21. The summed E-state index contributed by atoms with van der Waals surface area (Å²) in [5.41, 5.74) is 6.25. The molecule has 2 heterocycles. The average Bonchev–Trinajstić information content (AvgIpc) is 3.02. The van der Waals surface area contributed by atoms with Crippen LogP contribution in [0.3, 0.4) is 0 Å². The second-order valence-corrected chi connectivity index (χ2v) is 5.22. The number of ether oxygens (including phenoxy) is 1. The largest absolute Gasteiger partial charge is 0.492 e. The number of rotatable bonds is 6. The molecular formula is C12H17N5O3S. The summed E-state index contributed by atoms with van der Waals surface area (Å²) in [5.74, 6) is 1.39. The molecule has 0 fully saturated rings. The highest BCUT2D eigenvalue weighted by atomic mass is 32.1. The Kier molecular flexibility index (Phi) is 4.63. The average molecular weight is 311 g/mol. The first-order valence-corrected chi connectivity index (χ1v) is 7.09. The molecule has 0 bridgehead atoms. The topological polar surface area (TPSA) is 115 Å². The number of aromatic nitrogens is 2. The monoisotopic (exact) mass is 311 g/mol. The highest BCUT2D eigenvalue weighted by molar-refractivity contribution is 7.19. The quantitative estimate of drug-likeness (QED) is 0.730. The molecule has 114 valence electrons. The van der Waals surface area contributed by atoms with Gasteiger partial charge in [0.2, 0.25) is 5.89 Å². The van der Waals surface area contributed by atoms with E-state index in [4.69, 9.17) is 15.0 Å². The molecule has 8 nitrogen and oxygen atoms in total. The van der Waals surface area contributed by atoms with Gasteiger partial charge in [0.05, 0.1) is 7.11 Å². The number of hydrogen-bond acceptors (Lipinski definition) is 8. The van der Waals surface area contributed by atoms with Gasteiger partial charge in [0, 0.05) is 20.0 Å². The molecule has 0 aliphatic carbocycles. The third-order valence-electron chi connectivity index (χ3n) is 2.73. The predicted molar refractivity (Wildman–Crippen MR) is 79.9 cm³/mol. The van der Waals surface area contributed by atoms with Gasteiger partial charge in [-0.05, 0) is 6.92 Å². The van der Waals surface area contributed by atoms with Crippen molar-refractivity contribution in [2.75, 3.05) is 31.8 Å². The molecule has 0 aliphatic heterocycles. The molecule has 0 aliphatic rings. The van der Waals surface area contributed by atoms with Crippen LogP contribution in [0.2, 0.25) is 0 Å². The van der Waals surface area contributed by atoms with Gasteiger partial charge in [-0.3, -0.25) is 4.79 Å². The third-order valence-corrected chi connectivity index (χ3v) is 3.87. The van der Waals surface area contributed by atoms with E-state index in [0.29, 0.717) is 46.0 Å². The van der Waals surface area contributed by atoms with Crippen molar-refractivity contribution < 1.29 is 14.1 Å². The van der Waals surface area contributed by atoms with E-state index in [9.17, 15) is 4.79 Å². The second-order valence-electron chi connectivity index (χ2n) is 4.20. The maximum Gasteiger partial charge on any atom is 0.263 e. The van der Waals surface area contributed by atoms with Crippen molar-refractivity contribution in [1.29, 1.82) is 0 Å². The molecule has 4 N–H and O–H groups in total. The van der Waals surface area contributed by atoms with Gasteiger partial charge in [-0.25, -0.2) is 0 Å². The summed E-state index contributed by atoms with van der Waals surface area (Å²) in [6.07, 6.45) is 0.567. The first-order chi connectivity index (χ1) is 10.1. The van der Waals surface area contributed by atoms with Crippen LogP contribution >= 0.6 is 11.3 Å². The SMILES string of the molecule is CNC(=O)c1sc(NCCc2nc(C)no2)c(OC)c1N. The van der Waals surface area contributed by atoms with Crippen LogP contribution in [-0.2, 0) is 6.42 Å². The van der Waals surface area contributed by atoms with Crippen molar-refractivity contribution in [3.8, 4) is 5.75 Å². The summed E-state index contributed by atoms with van der Waals surface area (Å²) in [5, 5.41) is 10.1. The lowest BCUT2D eigenvalue weighted by atomic mass is 10.3. The molecule has 9 heteroatoms. The fraction of sp³-hybridized carbons (Fsp3) is 0.417. The van der Waals surface area contributed by atoms with Crippen LogP contribution in [0.1, 0.15) is 21.4 Å². The molecule has 21 heavy (non-hydrogen) atoms. The van der Waals surface area contributed by atoms with E-state index in [0.717, 1.165) is 0 Å².